The predicted molar refractivity (Wildman–Crippen MR) is 82.5 cm³/mol. The fourth-order valence-electron chi connectivity index (χ4n) is 2.46. The van der Waals surface area contributed by atoms with Crippen LogP contribution < -0.4 is 4.74 Å². The molecule has 138 valence electrons. The summed E-state index contributed by atoms with van der Waals surface area (Å²) in [5.41, 5.74) is -0.648. The molecule has 0 fully saturated rings. The molecular weight excluding hydrogens is 375 g/mol. The van der Waals surface area contributed by atoms with Crippen molar-refractivity contribution in [2.45, 2.75) is 17.9 Å². The molecular formula is C15H12F3N3O4S. The average Bonchev–Trinajstić information content (AvgIpc) is 2.81. The maximum Gasteiger partial charge on any atom is 0.423 e. The molecule has 0 atom stereocenters. The van der Waals surface area contributed by atoms with Crippen LogP contribution >= 0.6 is 0 Å². The number of sulfone groups is 1. The van der Waals surface area contributed by atoms with E-state index in [9.17, 15) is 26.4 Å². The molecule has 0 unspecified atom stereocenters. The zero-order chi connectivity index (χ0) is 19.3. The summed E-state index contributed by atoms with van der Waals surface area (Å²) in [7, 11) is -2.41. The third kappa shape index (κ3) is 3.21. The van der Waals surface area contributed by atoms with E-state index in [1.54, 1.807) is 13.1 Å². The lowest BCUT2D eigenvalue weighted by Gasteiger charge is -2.14. The molecule has 0 aliphatic carbocycles. The quantitative estimate of drug-likeness (QED) is 0.751. The van der Waals surface area contributed by atoms with Crippen molar-refractivity contribution in [1.82, 2.24) is 14.9 Å². The summed E-state index contributed by atoms with van der Waals surface area (Å²) in [5.74, 6) is -1.54. The summed E-state index contributed by atoms with van der Waals surface area (Å²) in [6.45, 7) is 0.288. The maximum absolute atomic E-state index is 13.2. The van der Waals surface area contributed by atoms with E-state index in [4.69, 9.17) is 4.74 Å². The first-order valence-corrected chi connectivity index (χ1v) is 9.07. The van der Waals surface area contributed by atoms with Gasteiger partial charge in [-0.2, -0.15) is 18.2 Å². The van der Waals surface area contributed by atoms with E-state index in [0.717, 1.165) is 6.26 Å². The SMILES string of the molecule is CN1Cc2cccc(Oc3nc(S(C)(=O)=O)ncc3C(F)(F)F)c2C1=O. The van der Waals surface area contributed by atoms with Crippen LogP contribution in [0, 0.1) is 0 Å². The summed E-state index contributed by atoms with van der Waals surface area (Å²) in [4.78, 5) is 20.2. The maximum atomic E-state index is 13.2. The topological polar surface area (TPSA) is 89.5 Å². The van der Waals surface area contributed by atoms with Crippen molar-refractivity contribution in [1.29, 1.82) is 0 Å². The largest absolute Gasteiger partial charge is 0.437 e. The lowest BCUT2D eigenvalue weighted by Crippen LogP contribution is -2.18. The second-order valence-electron chi connectivity index (χ2n) is 5.69. The number of benzene rings is 1. The second-order valence-corrected chi connectivity index (χ2v) is 7.60. The van der Waals surface area contributed by atoms with Crippen molar-refractivity contribution in [3.8, 4) is 11.6 Å². The number of alkyl halides is 3. The molecule has 1 aliphatic heterocycles. The Kier molecular flexibility index (Phi) is 4.14. The van der Waals surface area contributed by atoms with Crippen LogP contribution in [0.15, 0.2) is 29.6 Å². The Morgan fingerprint density at radius 1 is 1.27 bits per heavy atom. The third-order valence-electron chi connectivity index (χ3n) is 3.66. The lowest BCUT2D eigenvalue weighted by molar-refractivity contribution is -0.139. The number of amides is 1. The number of carbonyl (C=O) groups excluding carboxylic acids is 1. The second kappa shape index (κ2) is 5.94. The first-order chi connectivity index (χ1) is 12.0. The van der Waals surface area contributed by atoms with Gasteiger partial charge in [-0.1, -0.05) is 12.1 Å². The van der Waals surface area contributed by atoms with Crippen LogP contribution in [0.5, 0.6) is 11.6 Å². The molecule has 0 radical (unpaired) electrons. The van der Waals surface area contributed by atoms with Gasteiger partial charge in [0.2, 0.25) is 20.9 Å². The minimum atomic E-state index is -4.87. The molecule has 0 spiro atoms. The molecule has 2 heterocycles. The molecule has 1 aromatic carbocycles. The number of rotatable bonds is 3. The molecule has 11 heteroatoms. The Hall–Kier alpha value is -2.69. The van der Waals surface area contributed by atoms with Gasteiger partial charge in [0.1, 0.15) is 11.3 Å². The van der Waals surface area contributed by atoms with Crippen molar-refractivity contribution in [2.24, 2.45) is 0 Å². The summed E-state index contributed by atoms with van der Waals surface area (Å²) in [6, 6.07) is 4.49. The van der Waals surface area contributed by atoms with Crippen LogP contribution in [0.2, 0.25) is 0 Å². The highest BCUT2D eigenvalue weighted by Gasteiger charge is 2.38. The minimum absolute atomic E-state index is 0.114. The molecule has 0 saturated heterocycles. The van der Waals surface area contributed by atoms with Gasteiger partial charge in [0, 0.05) is 26.0 Å². The summed E-state index contributed by atoms with van der Waals surface area (Å²) < 4.78 is 68.0. The van der Waals surface area contributed by atoms with E-state index in [0.29, 0.717) is 11.8 Å². The van der Waals surface area contributed by atoms with Gasteiger partial charge in [-0.05, 0) is 11.6 Å². The predicted octanol–water partition coefficient (Wildman–Crippen LogP) is 2.28. The Morgan fingerprint density at radius 2 is 1.96 bits per heavy atom. The van der Waals surface area contributed by atoms with Crippen molar-refractivity contribution in [2.75, 3.05) is 13.3 Å². The highest BCUT2D eigenvalue weighted by Crippen LogP contribution is 2.39. The van der Waals surface area contributed by atoms with E-state index in [2.05, 4.69) is 9.97 Å². The van der Waals surface area contributed by atoms with Gasteiger partial charge in [0.05, 0.1) is 5.56 Å². The fourth-order valence-corrected chi connectivity index (χ4v) is 2.95. The highest BCUT2D eigenvalue weighted by molar-refractivity contribution is 7.90. The molecule has 0 N–H and O–H groups in total. The van der Waals surface area contributed by atoms with Gasteiger partial charge >= 0.3 is 6.18 Å². The molecule has 2 aromatic rings. The van der Waals surface area contributed by atoms with E-state index >= 15 is 0 Å². The zero-order valence-corrected chi connectivity index (χ0v) is 14.3. The Bertz CT molecular complexity index is 1010. The van der Waals surface area contributed by atoms with Gasteiger partial charge < -0.3 is 9.64 Å². The summed E-state index contributed by atoms with van der Waals surface area (Å²) in [5, 5.41) is -0.809. The molecule has 1 aliphatic rings. The molecule has 1 amide bonds. The first-order valence-electron chi connectivity index (χ1n) is 7.18. The van der Waals surface area contributed by atoms with Gasteiger partial charge in [-0.25, -0.2) is 13.4 Å². The van der Waals surface area contributed by atoms with Gasteiger partial charge in [0.15, 0.2) is 0 Å². The molecule has 0 bridgehead atoms. The van der Waals surface area contributed by atoms with Crippen molar-refractivity contribution >= 4 is 15.7 Å². The van der Waals surface area contributed by atoms with Gasteiger partial charge in [0.25, 0.3) is 5.91 Å². The standard InChI is InChI=1S/C15H12F3N3O4S/c1-21-7-8-4-3-5-10(11(8)13(21)22)25-12-9(15(16,17)18)6-19-14(20-12)26(2,23)24/h3-6H,7H2,1-2H3. The lowest BCUT2D eigenvalue weighted by atomic mass is 10.1. The monoisotopic (exact) mass is 387 g/mol. The van der Waals surface area contributed by atoms with Gasteiger partial charge in [-0.15, -0.1) is 0 Å². The Balaban J connectivity index is 2.14. The first kappa shape index (κ1) is 18.1. The zero-order valence-electron chi connectivity index (χ0n) is 13.5. The van der Waals surface area contributed by atoms with Crippen molar-refractivity contribution in [3.63, 3.8) is 0 Å². The summed E-state index contributed by atoms with van der Waals surface area (Å²) >= 11 is 0. The van der Waals surface area contributed by atoms with Crippen LogP contribution in [0.1, 0.15) is 21.5 Å². The van der Waals surface area contributed by atoms with Crippen LogP contribution in [-0.4, -0.2) is 42.5 Å². The normalized spacial score (nSPS) is 14.5. The van der Waals surface area contributed by atoms with E-state index in [-0.39, 0.29) is 17.9 Å². The van der Waals surface area contributed by atoms with Crippen LogP contribution in [0.25, 0.3) is 0 Å². The smallest absolute Gasteiger partial charge is 0.423 e. The van der Waals surface area contributed by atoms with E-state index in [1.165, 1.54) is 17.0 Å². The Labute approximate surface area is 146 Å². The molecule has 1 aromatic heterocycles. The summed E-state index contributed by atoms with van der Waals surface area (Å²) in [6.07, 6.45) is -3.77. The minimum Gasteiger partial charge on any atom is -0.437 e. The third-order valence-corrected chi connectivity index (χ3v) is 4.52. The van der Waals surface area contributed by atoms with Crippen LogP contribution in [-0.2, 0) is 22.6 Å². The number of hydrogen-bond donors (Lipinski definition) is 0. The van der Waals surface area contributed by atoms with Crippen LogP contribution in [0.4, 0.5) is 13.2 Å². The van der Waals surface area contributed by atoms with Crippen molar-refractivity contribution < 1.29 is 31.1 Å². The number of halogens is 3. The number of carbonyl (C=O) groups is 1. The number of aromatic nitrogens is 2. The average molecular weight is 387 g/mol. The van der Waals surface area contributed by atoms with E-state index < -0.39 is 38.5 Å². The Morgan fingerprint density at radius 3 is 2.58 bits per heavy atom. The van der Waals surface area contributed by atoms with Crippen LogP contribution in [0.3, 0.4) is 0 Å². The number of ether oxygens (including phenoxy) is 1. The fraction of sp³-hybridized carbons (Fsp3) is 0.267. The van der Waals surface area contributed by atoms with Crippen molar-refractivity contribution in [3.05, 3.63) is 41.1 Å². The number of fused-ring (bicyclic) bond motifs is 1. The highest BCUT2D eigenvalue weighted by atomic mass is 32.2. The van der Waals surface area contributed by atoms with Gasteiger partial charge in [-0.3, -0.25) is 4.79 Å². The number of nitrogens with zero attached hydrogens (tertiary/aromatic N) is 3. The number of hydrogen-bond acceptors (Lipinski definition) is 6. The molecule has 3 rings (SSSR count). The molecule has 0 saturated carbocycles. The van der Waals surface area contributed by atoms with E-state index in [1.807, 2.05) is 0 Å². The molecule has 26 heavy (non-hydrogen) atoms. The molecule has 7 nitrogen and oxygen atoms in total.